The van der Waals surface area contributed by atoms with Crippen molar-refractivity contribution in [1.82, 2.24) is 16.0 Å². The van der Waals surface area contributed by atoms with E-state index in [1.165, 1.54) is 19.1 Å². The molecule has 1 rings (SSSR count). The lowest BCUT2D eigenvalue weighted by Gasteiger charge is -2.27. The number of carboxylic acid groups (broad SMARTS) is 1. The molecule has 5 atom stereocenters. The van der Waals surface area contributed by atoms with Gasteiger partial charge < -0.3 is 42.7 Å². The number of benzene rings is 1. The second-order valence-electron chi connectivity index (χ2n) is 8.96. The van der Waals surface area contributed by atoms with Crippen molar-refractivity contribution in [3.8, 4) is 5.75 Å². The molecule has 0 aliphatic heterocycles. The summed E-state index contributed by atoms with van der Waals surface area (Å²) in [6.45, 7) is 4.82. The number of aliphatic carboxylic acids is 1. The number of rotatable bonds is 14. The first-order valence-electron chi connectivity index (χ1n) is 11.3. The van der Waals surface area contributed by atoms with E-state index in [2.05, 4.69) is 16.0 Å². The highest BCUT2D eigenvalue weighted by Gasteiger charge is 2.33. The average molecular weight is 510 g/mol. The number of carbonyl (C=O) groups is 5. The fraction of sp³-hybridized carbons (Fsp3) is 0.522. The number of aliphatic hydroxyl groups excluding tert-OH is 1. The van der Waals surface area contributed by atoms with Gasteiger partial charge >= 0.3 is 5.97 Å². The molecule has 0 saturated heterocycles. The van der Waals surface area contributed by atoms with Crippen LogP contribution in [0.25, 0.3) is 0 Å². The lowest BCUT2D eigenvalue weighted by molar-refractivity contribution is -0.144. The van der Waals surface area contributed by atoms with Crippen LogP contribution in [0.3, 0.4) is 0 Å². The Kier molecular flexibility index (Phi) is 11.8. The van der Waals surface area contributed by atoms with Gasteiger partial charge in [-0.05, 0) is 43.4 Å². The number of carbonyl (C=O) groups excluding carboxylic acids is 4. The van der Waals surface area contributed by atoms with Gasteiger partial charge in [0.15, 0.2) is 0 Å². The van der Waals surface area contributed by atoms with Gasteiger partial charge in [0.05, 0.1) is 18.6 Å². The third-order valence-electron chi connectivity index (χ3n) is 5.15. The molecule has 0 radical (unpaired) electrons. The molecule has 0 spiro atoms. The topological polar surface area (TPSA) is 234 Å². The van der Waals surface area contributed by atoms with Gasteiger partial charge in [0.1, 0.15) is 23.9 Å². The van der Waals surface area contributed by atoms with E-state index < -0.39 is 66.3 Å². The Labute approximate surface area is 208 Å². The van der Waals surface area contributed by atoms with Gasteiger partial charge in [-0.25, -0.2) is 4.79 Å². The van der Waals surface area contributed by atoms with Crippen LogP contribution in [0.15, 0.2) is 24.3 Å². The van der Waals surface area contributed by atoms with E-state index in [4.69, 9.17) is 11.5 Å². The summed E-state index contributed by atoms with van der Waals surface area (Å²) < 4.78 is 0. The molecular weight excluding hydrogens is 474 g/mol. The summed E-state index contributed by atoms with van der Waals surface area (Å²) in [6, 6.07) is 0.756. The van der Waals surface area contributed by atoms with Crippen LogP contribution >= 0.6 is 0 Å². The predicted octanol–water partition coefficient (Wildman–Crippen LogP) is -1.90. The van der Waals surface area contributed by atoms with Crippen LogP contribution in [0.2, 0.25) is 0 Å². The van der Waals surface area contributed by atoms with E-state index in [1.807, 2.05) is 13.8 Å². The zero-order chi connectivity index (χ0) is 27.6. The van der Waals surface area contributed by atoms with E-state index in [9.17, 15) is 39.3 Å². The lowest BCUT2D eigenvalue weighted by atomic mass is 10.0. The molecule has 0 bridgehead atoms. The summed E-state index contributed by atoms with van der Waals surface area (Å²) >= 11 is 0. The van der Waals surface area contributed by atoms with Crippen molar-refractivity contribution < 1.29 is 39.3 Å². The van der Waals surface area contributed by atoms with Gasteiger partial charge in [0, 0.05) is 0 Å². The Morgan fingerprint density at radius 2 is 1.44 bits per heavy atom. The predicted molar refractivity (Wildman–Crippen MR) is 128 cm³/mol. The number of phenolic OH excluding ortho intramolecular Hbond substituents is 1. The quantitative estimate of drug-likeness (QED) is 0.140. The molecule has 13 nitrogen and oxygen atoms in total. The summed E-state index contributed by atoms with van der Waals surface area (Å²) in [6.07, 6.45) is -1.81. The number of aliphatic hydroxyl groups is 1. The molecule has 13 heteroatoms. The molecule has 4 amide bonds. The second-order valence-corrected chi connectivity index (χ2v) is 8.96. The molecule has 0 aliphatic carbocycles. The molecule has 200 valence electrons. The third-order valence-corrected chi connectivity index (χ3v) is 5.15. The molecular formula is C23H35N5O8. The Balaban J connectivity index is 2.94. The molecule has 36 heavy (non-hydrogen) atoms. The number of nitrogens with two attached hydrogens (primary N) is 2. The number of hydrogen-bond donors (Lipinski definition) is 8. The highest BCUT2D eigenvalue weighted by Crippen LogP contribution is 2.12. The Hall–Kier alpha value is -3.71. The first-order chi connectivity index (χ1) is 16.7. The van der Waals surface area contributed by atoms with E-state index in [0.29, 0.717) is 5.56 Å². The van der Waals surface area contributed by atoms with Crippen LogP contribution < -0.4 is 27.4 Å². The van der Waals surface area contributed by atoms with E-state index in [1.54, 1.807) is 12.1 Å². The maximum absolute atomic E-state index is 13.0. The normalized spacial score (nSPS) is 15.2. The van der Waals surface area contributed by atoms with Crippen molar-refractivity contribution in [1.29, 1.82) is 0 Å². The molecule has 5 unspecified atom stereocenters. The minimum absolute atomic E-state index is 0.0554. The fourth-order valence-corrected chi connectivity index (χ4v) is 3.28. The summed E-state index contributed by atoms with van der Waals surface area (Å²) in [4.78, 5) is 60.6. The van der Waals surface area contributed by atoms with E-state index in [-0.39, 0.29) is 24.5 Å². The first kappa shape index (κ1) is 30.3. The number of phenols is 1. The van der Waals surface area contributed by atoms with E-state index >= 15 is 0 Å². The van der Waals surface area contributed by atoms with Crippen LogP contribution in [-0.2, 0) is 30.4 Å². The molecule has 0 saturated carbocycles. The van der Waals surface area contributed by atoms with Gasteiger partial charge in [0.25, 0.3) is 0 Å². The monoisotopic (exact) mass is 509 g/mol. The van der Waals surface area contributed by atoms with Crippen molar-refractivity contribution in [3.05, 3.63) is 29.8 Å². The summed E-state index contributed by atoms with van der Waals surface area (Å²) in [7, 11) is 0. The molecule has 0 aromatic heterocycles. The van der Waals surface area contributed by atoms with Crippen molar-refractivity contribution in [3.63, 3.8) is 0 Å². The van der Waals surface area contributed by atoms with Gasteiger partial charge in [-0.3, -0.25) is 19.2 Å². The van der Waals surface area contributed by atoms with Crippen LogP contribution in [0, 0.1) is 5.92 Å². The first-order valence-corrected chi connectivity index (χ1v) is 11.3. The molecule has 1 aromatic rings. The Bertz CT molecular complexity index is 935. The van der Waals surface area contributed by atoms with Gasteiger partial charge in [-0.1, -0.05) is 26.0 Å². The van der Waals surface area contributed by atoms with Gasteiger partial charge in [0.2, 0.25) is 23.6 Å². The summed E-state index contributed by atoms with van der Waals surface area (Å²) in [5.41, 5.74) is 11.7. The minimum atomic E-state index is -1.66. The molecule has 1 aromatic carbocycles. The lowest BCUT2D eigenvalue weighted by Crippen LogP contribution is -2.60. The maximum Gasteiger partial charge on any atom is 0.326 e. The second kappa shape index (κ2) is 14.0. The standard InChI is InChI=1S/C23H35N5O8/c1-11(2)8-16(26-20(32)15(24)9-13-4-6-14(30)7-5-13)21(33)28-19(12(3)29)22(34)27-17(23(35)36)10-18(25)31/h4-7,11-12,15-17,19,29-30H,8-10,24H2,1-3H3,(H2,25,31)(H,26,32)(H,27,34)(H,28,33)(H,35,36). The van der Waals surface area contributed by atoms with E-state index in [0.717, 1.165) is 0 Å². The molecule has 0 heterocycles. The van der Waals surface area contributed by atoms with Crippen molar-refractivity contribution in [2.24, 2.45) is 17.4 Å². The van der Waals surface area contributed by atoms with Crippen molar-refractivity contribution >= 4 is 29.6 Å². The number of hydrogen-bond acceptors (Lipinski definition) is 8. The molecule has 10 N–H and O–H groups in total. The van der Waals surface area contributed by atoms with Crippen LogP contribution in [0.1, 0.15) is 39.2 Å². The Morgan fingerprint density at radius 1 is 0.889 bits per heavy atom. The molecule has 0 aliphatic rings. The summed E-state index contributed by atoms with van der Waals surface area (Å²) in [5, 5.41) is 35.6. The fourth-order valence-electron chi connectivity index (χ4n) is 3.28. The third kappa shape index (κ3) is 10.3. The van der Waals surface area contributed by atoms with Gasteiger partial charge in [-0.2, -0.15) is 0 Å². The largest absolute Gasteiger partial charge is 0.508 e. The number of aromatic hydroxyl groups is 1. The summed E-state index contributed by atoms with van der Waals surface area (Å²) in [5.74, 6) is -4.96. The number of amides is 4. The number of primary amides is 1. The van der Waals surface area contributed by atoms with Crippen LogP contribution in [-0.4, -0.2) is 75.2 Å². The highest BCUT2D eigenvalue weighted by molar-refractivity contribution is 5.95. The maximum atomic E-state index is 13.0. The van der Waals surface area contributed by atoms with Crippen molar-refractivity contribution in [2.75, 3.05) is 0 Å². The zero-order valence-electron chi connectivity index (χ0n) is 20.4. The SMILES string of the molecule is CC(C)CC(NC(=O)C(N)Cc1ccc(O)cc1)C(=O)NC(C(=O)NC(CC(N)=O)C(=O)O)C(C)O. The smallest absolute Gasteiger partial charge is 0.326 e. The van der Waals surface area contributed by atoms with Crippen LogP contribution in [0.5, 0.6) is 5.75 Å². The Morgan fingerprint density at radius 3 is 1.92 bits per heavy atom. The molecule has 0 fully saturated rings. The number of nitrogens with one attached hydrogen (secondary N) is 3. The number of carboxylic acids is 1. The van der Waals surface area contributed by atoms with Crippen LogP contribution in [0.4, 0.5) is 0 Å². The van der Waals surface area contributed by atoms with Gasteiger partial charge in [-0.15, -0.1) is 0 Å². The minimum Gasteiger partial charge on any atom is -0.508 e. The average Bonchev–Trinajstić information content (AvgIpc) is 2.76. The van der Waals surface area contributed by atoms with Crippen molar-refractivity contribution in [2.45, 2.75) is 70.3 Å². The highest BCUT2D eigenvalue weighted by atomic mass is 16.4. The zero-order valence-corrected chi connectivity index (χ0v) is 20.4.